The quantitative estimate of drug-likeness (QED) is 0.482. The number of rotatable bonds is 9. The largest absolute Gasteiger partial charge is 0.493 e. The van der Waals surface area contributed by atoms with Gasteiger partial charge in [0.05, 0.1) is 31.6 Å². The fraction of sp³-hybridized carbons (Fsp3) is 0.429. The van der Waals surface area contributed by atoms with Crippen LogP contribution in [0.15, 0.2) is 29.2 Å². The minimum atomic E-state index is -3.98. The molecule has 10 heteroatoms. The van der Waals surface area contributed by atoms with Gasteiger partial charge in [-0.3, -0.25) is 9.59 Å². The van der Waals surface area contributed by atoms with Crippen LogP contribution in [0.2, 0.25) is 0 Å². The molecular weight excluding hydrogens is 340 g/mol. The van der Waals surface area contributed by atoms with Gasteiger partial charge < -0.3 is 19.9 Å². The normalized spacial score (nSPS) is 12.3. The number of hydrogen-bond donors (Lipinski definition) is 3. The maximum atomic E-state index is 12.2. The van der Waals surface area contributed by atoms with Crippen LogP contribution in [0.3, 0.4) is 0 Å². The molecular formula is C14H20N2O7S. The van der Waals surface area contributed by atoms with Crippen LogP contribution < -0.4 is 14.8 Å². The molecule has 1 aromatic carbocycles. The van der Waals surface area contributed by atoms with E-state index in [0.29, 0.717) is 5.75 Å². The highest BCUT2D eigenvalue weighted by Gasteiger charge is 2.24. The maximum Gasteiger partial charge on any atom is 0.308 e. The van der Waals surface area contributed by atoms with Gasteiger partial charge in [0.15, 0.2) is 0 Å². The number of benzene rings is 1. The molecule has 0 aromatic heterocycles. The zero-order chi connectivity index (χ0) is 18.2. The molecule has 0 heterocycles. The van der Waals surface area contributed by atoms with Crippen LogP contribution in [0.25, 0.3) is 0 Å². The van der Waals surface area contributed by atoms with Crippen molar-refractivity contribution in [1.29, 1.82) is 0 Å². The number of carbonyl (C=O) groups is 2. The molecule has 134 valence electrons. The van der Waals surface area contributed by atoms with Gasteiger partial charge in [-0.2, -0.15) is 4.72 Å². The van der Waals surface area contributed by atoms with E-state index < -0.39 is 34.5 Å². The molecule has 1 amide bonds. The summed E-state index contributed by atoms with van der Waals surface area (Å²) in [6.45, 7) is -0.575. The first-order valence-corrected chi connectivity index (χ1v) is 8.46. The lowest BCUT2D eigenvalue weighted by Gasteiger charge is -2.15. The molecule has 0 aliphatic heterocycles. The number of sulfonamides is 1. The Morgan fingerprint density at radius 2 is 1.88 bits per heavy atom. The number of aliphatic hydroxyl groups excluding tert-OH is 1. The summed E-state index contributed by atoms with van der Waals surface area (Å²) in [4.78, 5) is 22.3. The SMILES string of the molecule is CNC(=O)C(CO)NS(=O)(=O)c1ccc(OCCC(=O)OC)cc1. The summed E-state index contributed by atoms with van der Waals surface area (Å²) in [6.07, 6.45) is 0.0718. The average Bonchev–Trinajstić information content (AvgIpc) is 2.59. The zero-order valence-electron chi connectivity index (χ0n) is 13.3. The lowest BCUT2D eigenvalue weighted by Crippen LogP contribution is -2.47. The van der Waals surface area contributed by atoms with Crippen LogP contribution in [0, 0.1) is 0 Å². The maximum absolute atomic E-state index is 12.2. The summed E-state index contributed by atoms with van der Waals surface area (Å²) in [6, 6.07) is 4.12. The van der Waals surface area contributed by atoms with E-state index in [1.54, 1.807) is 0 Å². The molecule has 0 spiro atoms. The molecule has 1 aromatic rings. The summed E-state index contributed by atoms with van der Waals surface area (Å²) in [5.74, 6) is -0.686. The van der Waals surface area contributed by atoms with Crippen molar-refractivity contribution in [3.63, 3.8) is 0 Å². The third-order valence-electron chi connectivity index (χ3n) is 2.98. The summed E-state index contributed by atoms with van der Waals surface area (Å²) in [7, 11) is -1.38. The summed E-state index contributed by atoms with van der Waals surface area (Å²) in [5, 5.41) is 11.4. The van der Waals surface area contributed by atoms with E-state index in [4.69, 9.17) is 9.84 Å². The van der Waals surface area contributed by atoms with E-state index in [1.165, 1.54) is 38.4 Å². The van der Waals surface area contributed by atoms with E-state index in [1.807, 2.05) is 0 Å². The van der Waals surface area contributed by atoms with Crippen LogP contribution >= 0.6 is 0 Å². The third kappa shape index (κ3) is 5.80. The highest BCUT2D eigenvalue weighted by molar-refractivity contribution is 7.89. The zero-order valence-corrected chi connectivity index (χ0v) is 14.1. The Balaban J connectivity index is 2.72. The number of nitrogens with one attached hydrogen (secondary N) is 2. The van der Waals surface area contributed by atoms with Gasteiger partial charge in [0, 0.05) is 7.05 Å². The molecule has 0 bridgehead atoms. The Hall–Kier alpha value is -2.17. The number of amides is 1. The number of aliphatic hydroxyl groups is 1. The highest BCUT2D eigenvalue weighted by atomic mass is 32.2. The number of esters is 1. The minimum absolute atomic E-state index is 0.0718. The molecule has 0 saturated carbocycles. The molecule has 3 N–H and O–H groups in total. The van der Waals surface area contributed by atoms with Gasteiger partial charge in [0.2, 0.25) is 15.9 Å². The van der Waals surface area contributed by atoms with Gasteiger partial charge in [-0.15, -0.1) is 0 Å². The van der Waals surface area contributed by atoms with Gasteiger partial charge in [0.1, 0.15) is 11.8 Å². The van der Waals surface area contributed by atoms with Crippen molar-refractivity contribution in [1.82, 2.24) is 10.0 Å². The Kier molecular flexibility index (Phi) is 7.62. The van der Waals surface area contributed by atoms with Crippen molar-refractivity contribution in [3.05, 3.63) is 24.3 Å². The molecule has 0 aliphatic rings. The van der Waals surface area contributed by atoms with Gasteiger partial charge in [-0.25, -0.2) is 8.42 Å². The van der Waals surface area contributed by atoms with Gasteiger partial charge in [-0.1, -0.05) is 0 Å². The highest BCUT2D eigenvalue weighted by Crippen LogP contribution is 2.16. The Bertz CT molecular complexity index is 658. The topological polar surface area (TPSA) is 131 Å². The second-order valence-electron chi connectivity index (χ2n) is 4.62. The van der Waals surface area contributed by atoms with Crippen LogP contribution in [0.1, 0.15) is 6.42 Å². The molecule has 0 fully saturated rings. The first-order valence-electron chi connectivity index (χ1n) is 6.98. The van der Waals surface area contributed by atoms with Gasteiger partial charge in [-0.05, 0) is 24.3 Å². The van der Waals surface area contributed by atoms with Crippen molar-refractivity contribution in [2.45, 2.75) is 17.4 Å². The van der Waals surface area contributed by atoms with Crippen molar-refractivity contribution in [2.24, 2.45) is 0 Å². The standard InChI is InChI=1S/C14H20N2O7S/c1-15-14(19)12(9-17)16-24(20,21)11-5-3-10(4-6-11)23-8-7-13(18)22-2/h3-6,12,16-17H,7-9H2,1-2H3,(H,15,19). The number of carbonyl (C=O) groups excluding carboxylic acids is 2. The fourth-order valence-corrected chi connectivity index (χ4v) is 2.86. The van der Waals surface area contributed by atoms with Gasteiger partial charge in [0.25, 0.3) is 0 Å². The van der Waals surface area contributed by atoms with Crippen molar-refractivity contribution in [3.8, 4) is 5.75 Å². The molecule has 0 radical (unpaired) electrons. The third-order valence-corrected chi connectivity index (χ3v) is 4.47. The second kappa shape index (κ2) is 9.21. The smallest absolute Gasteiger partial charge is 0.308 e. The average molecular weight is 360 g/mol. The molecule has 24 heavy (non-hydrogen) atoms. The second-order valence-corrected chi connectivity index (χ2v) is 6.33. The minimum Gasteiger partial charge on any atom is -0.493 e. The number of ether oxygens (including phenoxy) is 2. The van der Waals surface area contributed by atoms with E-state index >= 15 is 0 Å². The van der Waals surface area contributed by atoms with Crippen LogP contribution in [0.5, 0.6) is 5.75 Å². The van der Waals surface area contributed by atoms with Crippen LogP contribution in [-0.4, -0.2) is 58.8 Å². The molecule has 1 atom stereocenters. The van der Waals surface area contributed by atoms with E-state index in [9.17, 15) is 18.0 Å². The van der Waals surface area contributed by atoms with E-state index in [2.05, 4.69) is 14.8 Å². The van der Waals surface area contributed by atoms with Crippen molar-refractivity contribution >= 4 is 21.9 Å². The first-order chi connectivity index (χ1) is 11.3. The number of hydrogen-bond acceptors (Lipinski definition) is 7. The van der Waals surface area contributed by atoms with E-state index in [-0.39, 0.29) is 17.9 Å². The summed E-state index contributed by atoms with van der Waals surface area (Å²) < 4.78 is 36.2. The predicted octanol–water partition coefficient (Wildman–Crippen LogP) is -0.986. The Labute approximate surface area is 140 Å². The van der Waals surface area contributed by atoms with Crippen LogP contribution in [0.4, 0.5) is 0 Å². The fourth-order valence-electron chi connectivity index (χ4n) is 1.67. The molecule has 0 saturated heterocycles. The monoisotopic (exact) mass is 360 g/mol. The van der Waals surface area contributed by atoms with Gasteiger partial charge >= 0.3 is 5.97 Å². The predicted molar refractivity (Wildman–Crippen MR) is 83.8 cm³/mol. The summed E-state index contributed by atoms with van der Waals surface area (Å²) >= 11 is 0. The van der Waals surface area contributed by atoms with Crippen LogP contribution in [-0.2, 0) is 24.3 Å². The molecule has 0 aliphatic carbocycles. The molecule has 1 unspecified atom stereocenters. The van der Waals surface area contributed by atoms with E-state index in [0.717, 1.165) is 0 Å². The van der Waals surface area contributed by atoms with Crippen molar-refractivity contribution < 1.29 is 32.6 Å². The molecule has 9 nitrogen and oxygen atoms in total. The first kappa shape index (κ1) is 19.9. The Morgan fingerprint density at radius 1 is 1.25 bits per heavy atom. The van der Waals surface area contributed by atoms with Crippen molar-refractivity contribution in [2.75, 3.05) is 27.4 Å². The number of methoxy groups -OCH3 is 1. The lowest BCUT2D eigenvalue weighted by atomic mass is 10.3. The summed E-state index contributed by atoms with van der Waals surface area (Å²) in [5.41, 5.74) is 0. The number of likely N-dealkylation sites (N-methyl/N-ethyl adjacent to an activating group) is 1. The molecule has 1 rings (SSSR count). The lowest BCUT2D eigenvalue weighted by molar-refractivity contribution is -0.141. The Morgan fingerprint density at radius 3 is 2.38 bits per heavy atom.